The summed E-state index contributed by atoms with van der Waals surface area (Å²) >= 11 is 0. The minimum Gasteiger partial charge on any atom is -0.342 e. The molecule has 0 aliphatic heterocycles. The van der Waals surface area contributed by atoms with Gasteiger partial charge in [-0.25, -0.2) is 0 Å². The van der Waals surface area contributed by atoms with Gasteiger partial charge in [-0.1, -0.05) is 27.2 Å². The van der Waals surface area contributed by atoms with Crippen LogP contribution in [0.2, 0.25) is 0 Å². The molecule has 0 aromatic rings. The zero-order valence-electron chi connectivity index (χ0n) is 11.6. The molecule has 0 radical (unpaired) electrons. The maximum Gasteiger partial charge on any atom is 0.227 e. The zero-order valence-corrected chi connectivity index (χ0v) is 11.6. The van der Waals surface area contributed by atoms with E-state index in [1.807, 2.05) is 4.90 Å². The smallest absolute Gasteiger partial charge is 0.227 e. The van der Waals surface area contributed by atoms with E-state index in [2.05, 4.69) is 20.8 Å². The predicted molar refractivity (Wildman–Crippen MR) is 71.6 cm³/mol. The van der Waals surface area contributed by atoms with Crippen LogP contribution < -0.4 is 5.73 Å². The SMILES string of the molecule is CCCN(CCC)C(=O)C1CCCC(C)C1N. The predicted octanol–water partition coefficient (Wildman–Crippen LogP) is 2.40. The molecule has 0 spiro atoms. The molecule has 0 aromatic heterocycles. The normalized spacial score (nSPS) is 29.1. The summed E-state index contributed by atoms with van der Waals surface area (Å²) in [6.07, 6.45) is 5.37. The summed E-state index contributed by atoms with van der Waals surface area (Å²) in [6.45, 7) is 8.18. The molecule has 2 N–H and O–H groups in total. The molecule has 0 aromatic carbocycles. The third kappa shape index (κ3) is 3.70. The van der Waals surface area contributed by atoms with Crippen molar-refractivity contribution in [2.24, 2.45) is 17.6 Å². The number of hydrogen-bond acceptors (Lipinski definition) is 2. The minimum atomic E-state index is 0.0625. The van der Waals surface area contributed by atoms with Crippen molar-refractivity contribution in [2.75, 3.05) is 13.1 Å². The van der Waals surface area contributed by atoms with E-state index in [9.17, 15) is 4.79 Å². The molecule has 1 aliphatic rings. The van der Waals surface area contributed by atoms with Gasteiger partial charge in [-0.05, 0) is 31.6 Å². The lowest BCUT2D eigenvalue weighted by Crippen LogP contribution is -2.49. The average Bonchev–Trinajstić information content (AvgIpc) is 2.31. The number of carbonyl (C=O) groups excluding carboxylic acids is 1. The Morgan fingerprint density at radius 1 is 1.24 bits per heavy atom. The minimum absolute atomic E-state index is 0.0625. The third-order valence-corrected chi connectivity index (χ3v) is 3.91. The molecule has 3 heteroatoms. The van der Waals surface area contributed by atoms with E-state index in [0.717, 1.165) is 38.8 Å². The summed E-state index contributed by atoms with van der Waals surface area (Å²) < 4.78 is 0. The maximum absolute atomic E-state index is 12.5. The molecule has 1 fully saturated rings. The van der Waals surface area contributed by atoms with Crippen molar-refractivity contribution in [3.05, 3.63) is 0 Å². The van der Waals surface area contributed by atoms with Gasteiger partial charge in [-0.2, -0.15) is 0 Å². The summed E-state index contributed by atoms with van der Waals surface area (Å²) in [5, 5.41) is 0. The van der Waals surface area contributed by atoms with E-state index in [1.54, 1.807) is 0 Å². The third-order valence-electron chi connectivity index (χ3n) is 3.91. The second-order valence-corrected chi connectivity index (χ2v) is 5.42. The summed E-state index contributed by atoms with van der Waals surface area (Å²) in [4.78, 5) is 14.5. The molecule has 1 aliphatic carbocycles. The van der Waals surface area contributed by atoms with Crippen LogP contribution in [-0.4, -0.2) is 29.9 Å². The first-order chi connectivity index (χ1) is 8.11. The van der Waals surface area contributed by atoms with Crippen LogP contribution in [0.25, 0.3) is 0 Å². The van der Waals surface area contributed by atoms with Crippen molar-refractivity contribution in [1.29, 1.82) is 0 Å². The lowest BCUT2D eigenvalue weighted by atomic mass is 9.77. The molecule has 1 amide bonds. The quantitative estimate of drug-likeness (QED) is 0.802. The molecule has 17 heavy (non-hydrogen) atoms. The first-order valence-electron chi connectivity index (χ1n) is 7.16. The highest BCUT2D eigenvalue weighted by molar-refractivity contribution is 5.79. The van der Waals surface area contributed by atoms with Crippen LogP contribution >= 0.6 is 0 Å². The van der Waals surface area contributed by atoms with Crippen LogP contribution in [0.4, 0.5) is 0 Å². The maximum atomic E-state index is 12.5. The Hall–Kier alpha value is -0.570. The van der Waals surface area contributed by atoms with Crippen molar-refractivity contribution >= 4 is 5.91 Å². The highest BCUT2D eigenvalue weighted by atomic mass is 16.2. The Balaban J connectivity index is 2.64. The fraction of sp³-hybridized carbons (Fsp3) is 0.929. The standard InChI is InChI=1S/C14H28N2O/c1-4-9-16(10-5-2)14(17)12-8-6-7-11(3)13(12)15/h11-13H,4-10,15H2,1-3H3. The Morgan fingerprint density at radius 3 is 2.35 bits per heavy atom. The highest BCUT2D eigenvalue weighted by Gasteiger charge is 2.34. The lowest BCUT2D eigenvalue weighted by molar-refractivity contribution is -0.137. The largest absolute Gasteiger partial charge is 0.342 e. The van der Waals surface area contributed by atoms with E-state index in [1.165, 1.54) is 6.42 Å². The molecule has 100 valence electrons. The monoisotopic (exact) mass is 240 g/mol. The van der Waals surface area contributed by atoms with Crippen LogP contribution in [0.5, 0.6) is 0 Å². The van der Waals surface area contributed by atoms with Gasteiger partial charge in [-0.3, -0.25) is 4.79 Å². The first kappa shape index (κ1) is 14.5. The number of rotatable bonds is 5. The highest BCUT2D eigenvalue weighted by Crippen LogP contribution is 2.29. The van der Waals surface area contributed by atoms with E-state index in [-0.39, 0.29) is 12.0 Å². The van der Waals surface area contributed by atoms with Gasteiger partial charge < -0.3 is 10.6 Å². The van der Waals surface area contributed by atoms with Crippen LogP contribution in [0.15, 0.2) is 0 Å². The Morgan fingerprint density at radius 2 is 1.82 bits per heavy atom. The van der Waals surface area contributed by atoms with Gasteiger partial charge >= 0.3 is 0 Å². The molecule has 1 rings (SSSR count). The summed E-state index contributed by atoms with van der Waals surface area (Å²) in [7, 11) is 0. The fourth-order valence-corrected chi connectivity index (χ4v) is 2.84. The molecule has 3 unspecified atom stereocenters. The second kappa shape index (κ2) is 7.00. The Bertz CT molecular complexity index is 236. The second-order valence-electron chi connectivity index (χ2n) is 5.42. The lowest BCUT2D eigenvalue weighted by Gasteiger charge is -2.36. The summed E-state index contributed by atoms with van der Waals surface area (Å²) in [5.74, 6) is 0.854. The van der Waals surface area contributed by atoms with Crippen molar-refractivity contribution in [1.82, 2.24) is 4.90 Å². The van der Waals surface area contributed by atoms with E-state index >= 15 is 0 Å². The molecular formula is C14H28N2O. The first-order valence-corrected chi connectivity index (χ1v) is 7.16. The van der Waals surface area contributed by atoms with Gasteiger partial charge in [0.1, 0.15) is 0 Å². The summed E-state index contributed by atoms with van der Waals surface area (Å²) in [5.41, 5.74) is 6.21. The summed E-state index contributed by atoms with van der Waals surface area (Å²) in [6, 6.07) is 0.0625. The van der Waals surface area contributed by atoms with Crippen molar-refractivity contribution in [3.63, 3.8) is 0 Å². The zero-order chi connectivity index (χ0) is 12.8. The van der Waals surface area contributed by atoms with E-state index in [0.29, 0.717) is 11.8 Å². The Labute approximate surface area is 106 Å². The molecule has 3 atom stereocenters. The van der Waals surface area contributed by atoms with Gasteiger partial charge in [0.15, 0.2) is 0 Å². The van der Waals surface area contributed by atoms with Gasteiger partial charge in [0, 0.05) is 19.1 Å². The number of nitrogens with zero attached hydrogens (tertiary/aromatic N) is 1. The molecule has 0 heterocycles. The average molecular weight is 240 g/mol. The number of hydrogen-bond donors (Lipinski definition) is 1. The van der Waals surface area contributed by atoms with Crippen LogP contribution in [0, 0.1) is 11.8 Å². The molecule has 0 saturated heterocycles. The topological polar surface area (TPSA) is 46.3 Å². The molecule has 3 nitrogen and oxygen atoms in total. The Kier molecular flexibility index (Phi) is 5.96. The van der Waals surface area contributed by atoms with Crippen molar-refractivity contribution < 1.29 is 4.79 Å². The number of nitrogens with two attached hydrogens (primary N) is 1. The van der Waals surface area contributed by atoms with Gasteiger partial charge in [0.05, 0.1) is 5.92 Å². The van der Waals surface area contributed by atoms with Gasteiger partial charge in [-0.15, -0.1) is 0 Å². The van der Waals surface area contributed by atoms with Crippen molar-refractivity contribution in [2.45, 2.75) is 58.9 Å². The van der Waals surface area contributed by atoms with Gasteiger partial charge in [0.25, 0.3) is 0 Å². The number of amides is 1. The van der Waals surface area contributed by atoms with Crippen molar-refractivity contribution in [3.8, 4) is 0 Å². The molecule has 0 bridgehead atoms. The number of carbonyl (C=O) groups is 1. The van der Waals surface area contributed by atoms with Crippen LogP contribution in [0.3, 0.4) is 0 Å². The molecule has 1 saturated carbocycles. The van der Waals surface area contributed by atoms with E-state index in [4.69, 9.17) is 5.73 Å². The van der Waals surface area contributed by atoms with Crippen LogP contribution in [-0.2, 0) is 4.79 Å². The van der Waals surface area contributed by atoms with Gasteiger partial charge in [0.2, 0.25) is 5.91 Å². The fourth-order valence-electron chi connectivity index (χ4n) is 2.84. The van der Waals surface area contributed by atoms with Crippen LogP contribution in [0.1, 0.15) is 52.9 Å². The van der Waals surface area contributed by atoms with E-state index < -0.39 is 0 Å². The molecular weight excluding hydrogens is 212 g/mol.